The van der Waals surface area contributed by atoms with Gasteiger partial charge in [-0.2, -0.15) is 0 Å². The molecule has 2 rings (SSSR count). The van der Waals surface area contributed by atoms with Crippen LogP contribution in [0, 0.1) is 22.1 Å². The van der Waals surface area contributed by atoms with Crippen molar-refractivity contribution in [2.75, 3.05) is 18.3 Å². The van der Waals surface area contributed by atoms with E-state index in [1.165, 1.54) is 17.2 Å². The first-order valence-electron chi connectivity index (χ1n) is 7.46. The molecule has 1 unspecified atom stereocenters. The lowest BCUT2D eigenvalue weighted by molar-refractivity contribution is 0.0480. The van der Waals surface area contributed by atoms with Crippen molar-refractivity contribution in [1.82, 2.24) is 0 Å². The van der Waals surface area contributed by atoms with E-state index in [-0.39, 0.29) is 23.2 Å². The molecule has 0 heterocycles. The molecule has 8 heteroatoms. The molecule has 0 saturated heterocycles. The van der Waals surface area contributed by atoms with E-state index in [9.17, 15) is 13.9 Å². The third-order valence-corrected chi connectivity index (χ3v) is 4.78. The first-order valence-corrected chi connectivity index (χ1v) is 9.34. The van der Waals surface area contributed by atoms with Gasteiger partial charge in [-0.1, -0.05) is 0 Å². The second kappa shape index (κ2) is 9.22. The van der Waals surface area contributed by atoms with Crippen LogP contribution in [0.4, 0.5) is 20.2 Å². The highest BCUT2D eigenvalue weighted by atomic mass is 127. The highest BCUT2D eigenvalue weighted by molar-refractivity contribution is 14.1. The van der Waals surface area contributed by atoms with Crippen LogP contribution in [0.5, 0.6) is 0 Å². The van der Waals surface area contributed by atoms with Gasteiger partial charge in [0.15, 0.2) is 11.6 Å². The normalized spacial score (nSPS) is 12.3. The molecule has 0 aliphatic rings. The van der Waals surface area contributed by atoms with Gasteiger partial charge in [0.1, 0.15) is 5.69 Å². The van der Waals surface area contributed by atoms with Crippen molar-refractivity contribution in [3.63, 3.8) is 0 Å². The molecule has 25 heavy (non-hydrogen) atoms. The average Bonchev–Trinajstić information content (AvgIpc) is 2.58. The molecular weight excluding hydrogens is 511 g/mol. The summed E-state index contributed by atoms with van der Waals surface area (Å²) in [5, 5.41) is 19.5. The van der Waals surface area contributed by atoms with Crippen LogP contribution in [0.25, 0.3) is 0 Å². The molecule has 0 radical (unpaired) electrons. The summed E-state index contributed by atoms with van der Waals surface area (Å²) < 4.78 is 29.4. The van der Waals surface area contributed by atoms with Crippen LogP contribution in [-0.2, 0) is 4.84 Å². The summed E-state index contributed by atoms with van der Waals surface area (Å²) in [4.78, 5) is 5.62. The lowest BCUT2D eigenvalue weighted by Crippen LogP contribution is -2.24. The molecule has 2 N–H and O–H groups in total. The number of nitrogens with zero attached hydrogens (tertiary/aromatic N) is 1. The fourth-order valence-corrected chi connectivity index (χ4v) is 3.11. The summed E-state index contributed by atoms with van der Waals surface area (Å²) in [6.07, 6.45) is -0.789. The highest BCUT2D eigenvalue weighted by Crippen LogP contribution is 2.34. The zero-order valence-corrected chi connectivity index (χ0v) is 17.1. The van der Waals surface area contributed by atoms with Crippen LogP contribution in [0.15, 0.2) is 34.8 Å². The predicted molar refractivity (Wildman–Crippen MR) is 104 cm³/mol. The zero-order valence-electron chi connectivity index (χ0n) is 13.3. The van der Waals surface area contributed by atoms with Crippen molar-refractivity contribution in [2.24, 2.45) is 0 Å². The number of aliphatic hydroxyl groups excluding tert-OH is 2. The van der Waals surface area contributed by atoms with Crippen molar-refractivity contribution in [2.45, 2.75) is 19.4 Å². The van der Waals surface area contributed by atoms with Crippen LogP contribution in [0.2, 0.25) is 0 Å². The van der Waals surface area contributed by atoms with Gasteiger partial charge in [-0.3, -0.25) is 4.84 Å². The van der Waals surface area contributed by atoms with Crippen molar-refractivity contribution in [1.29, 1.82) is 0 Å². The van der Waals surface area contributed by atoms with E-state index in [0.29, 0.717) is 5.69 Å². The molecule has 0 aliphatic heterocycles. The Morgan fingerprint density at radius 2 is 1.88 bits per heavy atom. The van der Waals surface area contributed by atoms with Gasteiger partial charge in [-0.05, 0) is 81.3 Å². The van der Waals surface area contributed by atoms with Crippen LogP contribution < -0.4 is 5.06 Å². The van der Waals surface area contributed by atoms with Crippen molar-refractivity contribution >= 4 is 49.9 Å². The van der Waals surface area contributed by atoms with Crippen molar-refractivity contribution < 1.29 is 23.8 Å². The highest BCUT2D eigenvalue weighted by Gasteiger charge is 2.21. The standard InChI is InChI=1S/C17H17BrF2INO3/c1-10-8-11(21)2-4-14(10)22(25-7-6-12(24)9-23)15-5-3-13(18)16(19)17(15)20/h2-5,8,12,23-24H,6-7,9H2,1H3. The molecular formula is C17H17BrF2INO3. The van der Waals surface area contributed by atoms with E-state index in [1.54, 1.807) is 6.07 Å². The van der Waals surface area contributed by atoms with Gasteiger partial charge in [0.2, 0.25) is 0 Å². The summed E-state index contributed by atoms with van der Waals surface area (Å²) >= 11 is 5.11. The number of rotatable bonds is 7. The number of aliphatic hydroxyl groups is 2. The maximum atomic E-state index is 14.4. The van der Waals surface area contributed by atoms with E-state index in [2.05, 4.69) is 38.5 Å². The van der Waals surface area contributed by atoms with Crippen LogP contribution >= 0.6 is 38.5 Å². The molecule has 0 bridgehead atoms. The lowest BCUT2D eigenvalue weighted by atomic mass is 10.2. The van der Waals surface area contributed by atoms with Crippen molar-refractivity contribution in [3.05, 3.63) is 55.6 Å². The maximum absolute atomic E-state index is 14.4. The number of anilines is 2. The SMILES string of the molecule is Cc1cc(I)ccc1N(OCCC(O)CO)c1ccc(Br)c(F)c1F. The molecule has 136 valence electrons. The second-order valence-corrected chi connectivity index (χ2v) is 7.48. The Morgan fingerprint density at radius 3 is 2.52 bits per heavy atom. The van der Waals surface area contributed by atoms with E-state index in [4.69, 9.17) is 9.94 Å². The van der Waals surface area contributed by atoms with E-state index in [1.807, 2.05) is 19.1 Å². The third-order valence-electron chi connectivity index (χ3n) is 3.49. The van der Waals surface area contributed by atoms with Gasteiger partial charge in [0.05, 0.1) is 29.5 Å². The molecule has 0 spiro atoms. The zero-order chi connectivity index (χ0) is 18.6. The molecule has 1 atom stereocenters. The number of halogens is 4. The summed E-state index contributed by atoms with van der Waals surface area (Å²) in [6, 6.07) is 8.27. The minimum Gasteiger partial charge on any atom is -0.394 e. The van der Waals surface area contributed by atoms with Gasteiger partial charge in [0, 0.05) is 9.99 Å². The number of benzene rings is 2. The van der Waals surface area contributed by atoms with Gasteiger partial charge >= 0.3 is 0 Å². The Kier molecular flexibility index (Phi) is 7.56. The largest absolute Gasteiger partial charge is 0.394 e. The maximum Gasteiger partial charge on any atom is 0.186 e. The number of aryl methyl sites for hydroxylation is 1. The third kappa shape index (κ3) is 5.10. The molecule has 2 aromatic rings. The van der Waals surface area contributed by atoms with E-state index < -0.39 is 24.3 Å². The summed E-state index contributed by atoms with van der Waals surface area (Å²) in [5.41, 5.74) is 1.29. The molecule has 2 aromatic carbocycles. The fourth-order valence-electron chi connectivity index (χ4n) is 2.16. The van der Waals surface area contributed by atoms with Gasteiger partial charge < -0.3 is 10.2 Å². The van der Waals surface area contributed by atoms with E-state index >= 15 is 0 Å². The van der Waals surface area contributed by atoms with Crippen LogP contribution in [-0.4, -0.2) is 29.5 Å². The second-order valence-electron chi connectivity index (χ2n) is 5.38. The van der Waals surface area contributed by atoms with Gasteiger partial charge in [-0.15, -0.1) is 0 Å². The molecule has 4 nitrogen and oxygen atoms in total. The van der Waals surface area contributed by atoms with Crippen molar-refractivity contribution in [3.8, 4) is 0 Å². The molecule has 0 aromatic heterocycles. The van der Waals surface area contributed by atoms with Gasteiger partial charge in [-0.25, -0.2) is 13.8 Å². The van der Waals surface area contributed by atoms with Gasteiger partial charge in [0.25, 0.3) is 0 Å². The smallest absolute Gasteiger partial charge is 0.186 e. The number of hydrogen-bond acceptors (Lipinski definition) is 4. The first kappa shape index (κ1) is 20.5. The molecule has 0 fully saturated rings. The van der Waals surface area contributed by atoms with Crippen LogP contribution in [0.3, 0.4) is 0 Å². The fraction of sp³-hybridized carbons (Fsp3) is 0.294. The minimum absolute atomic E-state index is 0.0173. The lowest BCUT2D eigenvalue weighted by Gasteiger charge is -2.26. The first-order chi connectivity index (χ1) is 11.8. The molecule has 0 aliphatic carbocycles. The Morgan fingerprint density at radius 1 is 1.20 bits per heavy atom. The summed E-state index contributed by atoms with van der Waals surface area (Å²) in [5.74, 6) is -2.06. The Bertz CT molecular complexity index is 748. The minimum atomic E-state index is -1.05. The topological polar surface area (TPSA) is 52.9 Å². The predicted octanol–water partition coefficient (Wildman–Crippen LogP) is 4.45. The average molecular weight is 528 g/mol. The quantitative estimate of drug-likeness (QED) is 0.317. The Labute approximate surface area is 166 Å². The summed E-state index contributed by atoms with van der Waals surface area (Å²) in [6.45, 7) is 1.46. The Hall–Kier alpha value is -0.810. The number of hydrogen-bond donors (Lipinski definition) is 2. The summed E-state index contributed by atoms with van der Waals surface area (Å²) in [7, 11) is 0. The monoisotopic (exact) mass is 527 g/mol. The van der Waals surface area contributed by atoms with Crippen LogP contribution in [0.1, 0.15) is 12.0 Å². The van der Waals surface area contributed by atoms with E-state index in [0.717, 1.165) is 9.13 Å². The molecule has 0 saturated carbocycles. The Balaban J connectivity index is 2.40. The molecule has 0 amide bonds.